The number of hydrogen-bond acceptors (Lipinski definition) is 7. The number of hydrogen-bond donors (Lipinski definition) is 1. The number of halogens is 1. The van der Waals surface area contributed by atoms with Crippen molar-refractivity contribution in [3.8, 4) is 0 Å². The summed E-state index contributed by atoms with van der Waals surface area (Å²) >= 11 is 1.43. The van der Waals surface area contributed by atoms with Crippen LogP contribution in [0.15, 0.2) is 46.4 Å². The molecule has 0 saturated carbocycles. The number of piperidine rings is 1. The number of nitrogens with one attached hydrogen (secondary N) is 1. The van der Waals surface area contributed by atoms with Gasteiger partial charge in [0.1, 0.15) is 22.5 Å². The van der Waals surface area contributed by atoms with E-state index in [4.69, 9.17) is 4.63 Å². The molecular weight excluding hydrogens is 445 g/mol. The molecule has 1 N–H and O–H groups in total. The Morgan fingerprint density at radius 3 is 2.70 bits per heavy atom. The molecule has 1 saturated heterocycles. The van der Waals surface area contributed by atoms with Crippen molar-refractivity contribution in [1.82, 2.24) is 20.2 Å². The number of benzene rings is 2. The number of anilines is 1. The first-order valence-electron chi connectivity index (χ1n) is 10.5. The smallest absolute Gasteiger partial charge is 0.275 e. The van der Waals surface area contributed by atoms with Crippen molar-refractivity contribution < 1.29 is 18.6 Å². The molecule has 1 fully saturated rings. The first kappa shape index (κ1) is 21.2. The van der Waals surface area contributed by atoms with Crippen molar-refractivity contribution in [3.63, 3.8) is 0 Å². The Labute approximate surface area is 192 Å². The number of carbonyl (C=O) groups is 2. The third-order valence-corrected chi connectivity index (χ3v) is 6.82. The summed E-state index contributed by atoms with van der Waals surface area (Å²) in [5.41, 5.74) is 2.94. The summed E-state index contributed by atoms with van der Waals surface area (Å²) in [5, 5.41) is 12.8. The fraction of sp³-hybridized carbons (Fsp3) is 0.261. The number of rotatable bonds is 4. The molecule has 1 aliphatic heterocycles. The zero-order valence-corrected chi connectivity index (χ0v) is 18.6. The number of aryl methyl sites for hydroxylation is 1. The maximum absolute atomic E-state index is 13.7. The molecule has 5 rings (SSSR count). The first-order valence-corrected chi connectivity index (χ1v) is 11.4. The van der Waals surface area contributed by atoms with Crippen LogP contribution in [0.3, 0.4) is 0 Å². The lowest BCUT2D eigenvalue weighted by molar-refractivity contribution is 0.0713. The summed E-state index contributed by atoms with van der Waals surface area (Å²) in [6, 6.07) is 9.71. The molecule has 168 valence electrons. The van der Waals surface area contributed by atoms with Crippen LogP contribution in [0.2, 0.25) is 0 Å². The molecule has 8 nitrogen and oxygen atoms in total. The van der Waals surface area contributed by atoms with E-state index in [1.54, 1.807) is 42.6 Å². The number of aromatic nitrogens is 3. The Kier molecular flexibility index (Phi) is 5.59. The molecule has 33 heavy (non-hydrogen) atoms. The first-order chi connectivity index (χ1) is 16.0. The number of likely N-dealkylation sites (tertiary alicyclic amines) is 1. The Morgan fingerprint density at radius 1 is 1.12 bits per heavy atom. The van der Waals surface area contributed by atoms with E-state index in [1.807, 2.05) is 4.90 Å². The van der Waals surface area contributed by atoms with E-state index in [0.717, 1.165) is 17.8 Å². The van der Waals surface area contributed by atoms with Gasteiger partial charge in [-0.3, -0.25) is 9.59 Å². The summed E-state index contributed by atoms with van der Waals surface area (Å²) in [6.45, 7) is 2.87. The normalized spacial score (nSPS) is 14.5. The van der Waals surface area contributed by atoms with Gasteiger partial charge in [-0.05, 0) is 66.0 Å². The fourth-order valence-electron chi connectivity index (χ4n) is 3.87. The van der Waals surface area contributed by atoms with E-state index >= 15 is 0 Å². The van der Waals surface area contributed by atoms with E-state index < -0.39 is 0 Å². The molecule has 0 unspecified atom stereocenters. The molecule has 4 aromatic rings. The average Bonchev–Trinajstić information content (AvgIpc) is 3.50. The van der Waals surface area contributed by atoms with Crippen LogP contribution in [0.25, 0.3) is 11.0 Å². The molecule has 0 bridgehead atoms. The van der Waals surface area contributed by atoms with E-state index in [1.165, 1.54) is 17.4 Å². The van der Waals surface area contributed by atoms with E-state index in [2.05, 4.69) is 20.6 Å². The average molecular weight is 466 g/mol. The van der Waals surface area contributed by atoms with Crippen molar-refractivity contribution in [2.45, 2.75) is 25.7 Å². The molecule has 3 heterocycles. The molecule has 0 aliphatic carbocycles. The molecule has 2 aromatic carbocycles. The topological polar surface area (TPSA) is 101 Å². The van der Waals surface area contributed by atoms with Crippen LogP contribution in [0.4, 0.5) is 10.1 Å². The number of fused-ring (bicyclic) bond motifs is 1. The number of nitrogens with zero attached hydrogens (tertiary/aromatic N) is 4. The highest BCUT2D eigenvalue weighted by molar-refractivity contribution is 7.10. The number of carbonyl (C=O) groups excluding carboxylic acids is 2. The van der Waals surface area contributed by atoms with Gasteiger partial charge in [-0.1, -0.05) is 6.07 Å². The summed E-state index contributed by atoms with van der Waals surface area (Å²) in [5.74, 6) is -0.612. The van der Waals surface area contributed by atoms with Crippen LogP contribution in [0.1, 0.15) is 50.2 Å². The molecule has 0 spiro atoms. The standard InChI is InChI=1S/C23H20FN5O3S/c1-13-2-4-16(11-17(13)24)25-21(30)20-12-33-22(26-20)14-6-8-29(9-7-14)23(31)15-3-5-18-19(10-15)28-32-27-18/h2-5,10-12,14H,6-9H2,1H3,(H,25,30). The quantitative estimate of drug-likeness (QED) is 0.479. The lowest BCUT2D eigenvalue weighted by Gasteiger charge is -2.31. The molecule has 2 amide bonds. The Balaban J connectivity index is 1.20. The highest BCUT2D eigenvalue weighted by Gasteiger charge is 2.27. The second kappa shape index (κ2) is 8.70. The highest BCUT2D eigenvalue weighted by atomic mass is 32.1. The monoisotopic (exact) mass is 465 g/mol. The van der Waals surface area contributed by atoms with Gasteiger partial charge in [0, 0.05) is 35.6 Å². The third-order valence-electron chi connectivity index (χ3n) is 5.82. The van der Waals surface area contributed by atoms with E-state index in [9.17, 15) is 14.0 Å². The molecule has 0 atom stereocenters. The largest absolute Gasteiger partial charge is 0.339 e. The second-order valence-corrected chi connectivity index (χ2v) is 8.91. The predicted molar refractivity (Wildman–Crippen MR) is 121 cm³/mol. The van der Waals surface area contributed by atoms with Gasteiger partial charge in [0.05, 0.1) is 5.01 Å². The predicted octanol–water partition coefficient (Wildman–Crippen LogP) is 4.40. The summed E-state index contributed by atoms with van der Waals surface area (Å²) in [7, 11) is 0. The van der Waals surface area contributed by atoms with E-state index in [0.29, 0.717) is 46.6 Å². The zero-order chi connectivity index (χ0) is 22.9. The fourth-order valence-corrected chi connectivity index (χ4v) is 4.84. The van der Waals surface area contributed by atoms with Crippen LogP contribution in [-0.4, -0.2) is 45.1 Å². The molecule has 2 aromatic heterocycles. The molecule has 0 radical (unpaired) electrons. The van der Waals surface area contributed by atoms with Gasteiger partial charge >= 0.3 is 0 Å². The van der Waals surface area contributed by atoms with Crippen molar-refractivity contribution in [1.29, 1.82) is 0 Å². The summed E-state index contributed by atoms with van der Waals surface area (Å²) in [6.07, 6.45) is 1.52. The number of thiazole rings is 1. The van der Waals surface area contributed by atoms with Gasteiger partial charge in [-0.15, -0.1) is 11.3 Å². The minimum absolute atomic E-state index is 0.0529. The van der Waals surface area contributed by atoms with Crippen molar-refractivity contribution in [3.05, 3.63) is 69.4 Å². The number of amides is 2. The van der Waals surface area contributed by atoms with Gasteiger partial charge in [0.2, 0.25) is 0 Å². The Morgan fingerprint density at radius 2 is 1.91 bits per heavy atom. The Bertz CT molecular complexity index is 1340. The summed E-state index contributed by atoms with van der Waals surface area (Å²) in [4.78, 5) is 31.7. The minimum atomic E-state index is -0.370. The van der Waals surface area contributed by atoms with Crippen molar-refractivity contribution >= 4 is 39.9 Å². The van der Waals surface area contributed by atoms with Crippen LogP contribution in [-0.2, 0) is 0 Å². The van der Waals surface area contributed by atoms with Crippen molar-refractivity contribution in [2.75, 3.05) is 18.4 Å². The second-order valence-electron chi connectivity index (χ2n) is 8.02. The van der Waals surface area contributed by atoms with Crippen LogP contribution < -0.4 is 5.32 Å². The van der Waals surface area contributed by atoms with Crippen molar-refractivity contribution in [2.24, 2.45) is 0 Å². The highest BCUT2D eigenvalue weighted by Crippen LogP contribution is 2.31. The lowest BCUT2D eigenvalue weighted by Crippen LogP contribution is -2.37. The minimum Gasteiger partial charge on any atom is -0.339 e. The van der Waals surface area contributed by atoms with Crippen LogP contribution in [0, 0.1) is 12.7 Å². The van der Waals surface area contributed by atoms with E-state index in [-0.39, 0.29) is 23.5 Å². The van der Waals surface area contributed by atoms with Crippen LogP contribution in [0.5, 0.6) is 0 Å². The van der Waals surface area contributed by atoms with Gasteiger partial charge in [-0.2, -0.15) is 0 Å². The van der Waals surface area contributed by atoms with Gasteiger partial charge in [0.15, 0.2) is 0 Å². The van der Waals surface area contributed by atoms with Crippen LogP contribution >= 0.6 is 11.3 Å². The zero-order valence-electron chi connectivity index (χ0n) is 17.7. The Hall–Kier alpha value is -3.66. The SMILES string of the molecule is Cc1ccc(NC(=O)c2csc(C3CCN(C(=O)c4ccc5nonc5c4)CC3)n2)cc1F. The molecular formula is C23H20FN5O3S. The van der Waals surface area contributed by atoms with Gasteiger partial charge in [-0.25, -0.2) is 14.0 Å². The van der Waals surface area contributed by atoms with Gasteiger partial charge in [0.25, 0.3) is 11.8 Å². The van der Waals surface area contributed by atoms with Gasteiger partial charge < -0.3 is 10.2 Å². The lowest BCUT2D eigenvalue weighted by atomic mass is 9.97. The third kappa shape index (κ3) is 4.34. The molecule has 10 heteroatoms. The summed E-state index contributed by atoms with van der Waals surface area (Å²) < 4.78 is 18.4. The maximum Gasteiger partial charge on any atom is 0.275 e. The molecule has 1 aliphatic rings. The maximum atomic E-state index is 13.7.